The van der Waals surface area contributed by atoms with Gasteiger partial charge in [-0.15, -0.1) is 10.2 Å². The summed E-state index contributed by atoms with van der Waals surface area (Å²) in [5.74, 6) is 1.21. The largest absolute Gasteiger partial charge is 0.493 e. The molecule has 0 saturated carbocycles. The lowest BCUT2D eigenvalue weighted by atomic mass is 10.2. The lowest BCUT2D eigenvalue weighted by Gasteiger charge is -2.10. The van der Waals surface area contributed by atoms with Crippen LogP contribution < -0.4 is 10.2 Å². The first-order valence-electron chi connectivity index (χ1n) is 10.4. The minimum Gasteiger partial charge on any atom is -0.493 e. The summed E-state index contributed by atoms with van der Waals surface area (Å²) in [6, 6.07) is 19.1. The molecule has 0 aliphatic carbocycles. The highest BCUT2D eigenvalue weighted by molar-refractivity contribution is 9.10. The molecule has 2 aromatic carbocycles. The van der Waals surface area contributed by atoms with Crippen LogP contribution in [-0.2, 0) is 4.79 Å². The molecule has 0 bridgehead atoms. The summed E-state index contributed by atoms with van der Waals surface area (Å²) >= 11 is 4.74. The number of hydrogen-bond donors (Lipinski definition) is 1. The van der Waals surface area contributed by atoms with Crippen LogP contribution in [0.25, 0.3) is 17.1 Å². The van der Waals surface area contributed by atoms with Crippen LogP contribution in [-0.4, -0.2) is 44.2 Å². The van der Waals surface area contributed by atoms with Gasteiger partial charge in [-0.25, -0.2) is 5.43 Å². The monoisotopic (exact) mass is 536 g/mol. The molecule has 0 spiro atoms. The van der Waals surface area contributed by atoms with Crippen LogP contribution in [0.1, 0.15) is 12.5 Å². The van der Waals surface area contributed by atoms with Crippen molar-refractivity contribution >= 4 is 39.8 Å². The number of ether oxygens (including phenoxy) is 1. The molecule has 8 nitrogen and oxygen atoms in total. The van der Waals surface area contributed by atoms with Crippen molar-refractivity contribution in [1.29, 1.82) is 0 Å². The Morgan fingerprint density at radius 1 is 1.15 bits per heavy atom. The van der Waals surface area contributed by atoms with Gasteiger partial charge in [0, 0.05) is 33.7 Å². The van der Waals surface area contributed by atoms with Gasteiger partial charge < -0.3 is 4.74 Å². The number of nitrogens with zero attached hydrogens (tertiary/aromatic N) is 5. The highest BCUT2D eigenvalue weighted by Crippen LogP contribution is 2.28. The van der Waals surface area contributed by atoms with E-state index in [2.05, 4.69) is 41.6 Å². The van der Waals surface area contributed by atoms with Crippen molar-refractivity contribution in [3.05, 3.63) is 83.1 Å². The Kier molecular flexibility index (Phi) is 8.05. The molecule has 4 aromatic rings. The number of benzene rings is 2. The fourth-order valence-electron chi connectivity index (χ4n) is 3.08. The van der Waals surface area contributed by atoms with Gasteiger partial charge in [-0.2, -0.15) is 5.10 Å². The number of hydrazone groups is 1. The van der Waals surface area contributed by atoms with Gasteiger partial charge in [0.25, 0.3) is 5.91 Å². The van der Waals surface area contributed by atoms with Gasteiger partial charge in [-0.1, -0.05) is 39.8 Å². The number of carbonyl (C=O) groups is 1. The highest BCUT2D eigenvalue weighted by Gasteiger charge is 2.17. The standard InChI is InChI=1S/C24H21BrN6O2S/c1-2-33-21-8-4-3-6-17(21)15-27-28-22(32)16-34-24-30-29-23(18-7-5-13-26-14-18)31(24)20-11-9-19(25)10-12-20/h3-15H,2,16H2,1H3,(H,28,32). The maximum Gasteiger partial charge on any atom is 0.250 e. The van der Waals surface area contributed by atoms with Crippen LogP contribution in [0.3, 0.4) is 0 Å². The van der Waals surface area contributed by atoms with Crippen LogP contribution in [0, 0.1) is 0 Å². The van der Waals surface area contributed by atoms with Crippen molar-refractivity contribution < 1.29 is 9.53 Å². The van der Waals surface area contributed by atoms with Crippen molar-refractivity contribution in [2.45, 2.75) is 12.1 Å². The smallest absolute Gasteiger partial charge is 0.250 e. The molecule has 1 N–H and O–H groups in total. The number of amides is 1. The van der Waals surface area contributed by atoms with Crippen molar-refractivity contribution in [3.63, 3.8) is 0 Å². The Balaban J connectivity index is 1.48. The molecule has 0 aliphatic heterocycles. The summed E-state index contributed by atoms with van der Waals surface area (Å²) in [7, 11) is 0. The van der Waals surface area contributed by atoms with E-state index in [1.807, 2.05) is 72.2 Å². The first kappa shape index (κ1) is 23.7. The Morgan fingerprint density at radius 3 is 2.74 bits per heavy atom. The highest BCUT2D eigenvalue weighted by atomic mass is 79.9. The fourth-order valence-corrected chi connectivity index (χ4v) is 4.09. The summed E-state index contributed by atoms with van der Waals surface area (Å²) in [5, 5.41) is 13.3. The molecule has 0 saturated heterocycles. The van der Waals surface area contributed by atoms with Crippen molar-refractivity contribution in [2.75, 3.05) is 12.4 Å². The number of nitrogens with one attached hydrogen (secondary N) is 1. The number of hydrogen-bond acceptors (Lipinski definition) is 7. The van der Waals surface area contributed by atoms with Gasteiger partial charge >= 0.3 is 0 Å². The molecule has 4 rings (SSSR count). The molecular weight excluding hydrogens is 516 g/mol. The van der Waals surface area contributed by atoms with E-state index in [0.717, 1.165) is 21.3 Å². The predicted octanol–water partition coefficient (Wildman–Crippen LogP) is 4.73. The molecular formula is C24H21BrN6O2S. The second kappa shape index (κ2) is 11.6. The molecule has 0 radical (unpaired) electrons. The Bertz CT molecular complexity index is 1280. The van der Waals surface area contributed by atoms with Crippen molar-refractivity contribution in [3.8, 4) is 22.8 Å². The average molecular weight is 537 g/mol. The summed E-state index contributed by atoms with van der Waals surface area (Å²) < 4.78 is 8.44. The zero-order valence-corrected chi connectivity index (χ0v) is 20.7. The molecule has 0 fully saturated rings. The predicted molar refractivity (Wildman–Crippen MR) is 136 cm³/mol. The Labute approximate surface area is 209 Å². The van der Waals surface area contributed by atoms with Crippen molar-refractivity contribution in [1.82, 2.24) is 25.2 Å². The quantitative estimate of drug-likeness (QED) is 0.189. The minimum absolute atomic E-state index is 0.117. The second-order valence-electron chi connectivity index (χ2n) is 6.91. The lowest BCUT2D eigenvalue weighted by Crippen LogP contribution is -2.20. The van der Waals surface area contributed by atoms with E-state index in [9.17, 15) is 4.79 Å². The molecule has 2 aromatic heterocycles. The topological polar surface area (TPSA) is 94.3 Å². The summed E-state index contributed by atoms with van der Waals surface area (Å²) in [5.41, 5.74) is 5.04. The van der Waals surface area contributed by atoms with E-state index in [1.54, 1.807) is 18.6 Å². The third-order valence-corrected chi connectivity index (χ3v) is 6.04. The van der Waals surface area contributed by atoms with Crippen LogP contribution in [0.5, 0.6) is 5.75 Å². The Hall–Kier alpha value is -3.50. The maximum atomic E-state index is 12.4. The molecule has 1 amide bonds. The number of thioether (sulfide) groups is 1. The summed E-state index contributed by atoms with van der Waals surface area (Å²) in [6.07, 6.45) is 5.00. The van der Waals surface area contributed by atoms with E-state index in [0.29, 0.717) is 23.3 Å². The fraction of sp³-hybridized carbons (Fsp3) is 0.125. The van der Waals surface area contributed by atoms with Gasteiger partial charge in [-0.3, -0.25) is 14.3 Å². The molecule has 2 heterocycles. The SMILES string of the molecule is CCOc1ccccc1C=NNC(=O)CSc1nnc(-c2cccnc2)n1-c1ccc(Br)cc1. The summed E-state index contributed by atoms with van der Waals surface area (Å²) in [6.45, 7) is 2.47. The van der Waals surface area contributed by atoms with Gasteiger partial charge in [0.2, 0.25) is 0 Å². The van der Waals surface area contributed by atoms with Crippen LogP contribution in [0.2, 0.25) is 0 Å². The third-order valence-electron chi connectivity index (χ3n) is 4.58. The third kappa shape index (κ3) is 5.89. The van der Waals surface area contributed by atoms with E-state index in [1.165, 1.54) is 11.8 Å². The molecule has 172 valence electrons. The number of para-hydroxylation sites is 1. The molecule has 34 heavy (non-hydrogen) atoms. The van der Waals surface area contributed by atoms with E-state index in [-0.39, 0.29) is 11.7 Å². The van der Waals surface area contributed by atoms with Crippen LogP contribution in [0.4, 0.5) is 0 Å². The van der Waals surface area contributed by atoms with Gasteiger partial charge in [0.15, 0.2) is 11.0 Å². The maximum absolute atomic E-state index is 12.4. The van der Waals surface area contributed by atoms with Gasteiger partial charge in [0.05, 0.1) is 18.6 Å². The molecule has 10 heteroatoms. The zero-order chi connectivity index (χ0) is 23.8. The van der Waals surface area contributed by atoms with Gasteiger partial charge in [0.1, 0.15) is 5.75 Å². The number of pyridine rings is 1. The van der Waals surface area contributed by atoms with E-state index in [4.69, 9.17) is 4.74 Å². The Morgan fingerprint density at radius 2 is 1.97 bits per heavy atom. The van der Waals surface area contributed by atoms with E-state index < -0.39 is 0 Å². The molecule has 0 unspecified atom stereocenters. The number of aromatic nitrogens is 4. The van der Waals surface area contributed by atoms with Crippen LogP contribution >= 0.6 is 27.7 Å². The number of carbonyl (C=O) groups excluding carboxylic acids is 1. The van der Waals surface area contributed by atoms with Gasteiger partial charge in [-0.05, 0) is 55.5 Å². The van der Waals surface area contributed by atoms with Crippen molar-refractivity contribution in [2.24, 2.45) is 5.10 Å². The molecule has 0 aliphatic rings. The normalized spacial score (nSPS) is 11.0. The first-order valence-corrected chi connectivity index (χ1v) is 12.2. The van der Waals surface area contributed by atoms with Crippen LogP contribution in [0.15, 0.2) is 87.8 Å². The molecule has 0 atom stereocenters. The first-order chi connectivity index (χ1) is 16.7. The average Bonchev–Trinajstić information content (AvgIpc) is 3.29. The lowest BCUT2D eigenvalue weighted by molar-refractivity contribution is -0.118. The minimum atomic E-state index is -0.261. The van der Waals surface area contributed by atoms with E-state index >= 15 is 0 Å². The second-order valence-corrected chi connectivity index (χ2v) is 8.77. The summed E-state index contributed by atoms with van der Waals surface area (Å²) in [4.78, 5) is 16.6. The number of rotatable bonds is 9. The zero-order valence-electron chi connectivity index (χ0n) is 18.3. The number of halogens is 1.